The fourth-order valence-electron chi connectivity index (χ4n) is 2.31. The van der Waals surface area contributed by atoms with Gasteiger partial charge in [-0.15, -0.1) is 0 Å². The predicted molar refractivity (Wildman–Crippen MR) is 74.4 cm³/mol. The van der Waals surface area contributed by atoms with Crippen molar-refractivity contribution in [3.63, 3.8) is 0 Å². The molecule has 94 valence electrons. The molecule has 0 aromatic heterocycles. The van der Waals surface area contributed by atoms with Crippen molar-refractivity contribution in [3.05, 3.63) is 29.3 Å². The standard InChI is InChI=1S/C15H24N2/c1-12(2)7-9-17(3)11-13-4-5-14-6-8-16-15(14)10-13/h4-5,10,12,16H,6-9,11H2,1-3H3. The Morgan fingerprint density at radius 1 is 1.35 bits per heavy atom. The van der Waals surface area contributed by atoms with Gasteiger partial charge in [-0.05, 0) is 49.5 Å². The first kappa shape index (κ1) is 12.4. The molecule has 2 rings (SSSR count). The Morgan fingerprint density at radius 2 is 2.18 bits per heavy atom. The maximum absolute atomic E-state index is 3.45. The molecule has 0 unspecified atom stereocenters. The molecule has 1 aromatic rings. The van der Waals surface area contributed by atoms with Crippen molar-refractivity contribution in [1.82, 2.24) is 4.90 Å². The van der Waals surface area contributed by atoms with Crippen molar-refractivity contribution in [2.45, 2.75) is 33.2 Å². The molecule has 1 aliphatic rings. The summed E-state index contributed by atoms with van der Waals surface area (Å²) in [4.78, 5) is 2.41. The molecule has 2 nitrogen and oxygen atoms in total. The van der Waals surface area contributed by atoms with Crippen molar-refractivity contribution in [1.29, 1.82) is 0 Å². The van der Waals surface area contributed by atoms with Gasteiger partial charge in [0.05, 0.1) is 0 Å². The van der Waals surface area contributed by atoms with E-state index in [9.17, 15) is 0 Å². The molecule has 1 heterocycles. The fraction of sp³-hybridized carbons (Fsp3) is 0.600. The van der Waals surface area contributed by atoms with Gasteiger partial charge in [0.15, 0.2) is 0 Å². The Kier molecular flexibility index (Phi) is 4.06. The normalized spacial score (nSPS) is 14.2. The number of anilines is 1. The van der Waals surface area contributed by atoms with E-state index in [1.165, 1.54) is 36.2 Å². The number of nitrogens with one attached hydrogen (secondary N) is 1. The first-order chi connectivity index (χ1) is 8.15. The summed E-state index contributed by atoms with van der Waals surface area (Å²) in [5.41, 5.74) is 4.24. The summed E-state index contributed by atoms with van der Waals surface area (Å²) in [5.74, 6) is 0.791. The highest BCUT2D eigenvalue weighted by molar-refractivity contribution is 5.56. The van der Waals surface area contributed by atoms with Crippen LogP contribution in [0.5, 0.6) is 0 Å². The molecule has 0 spiro atoms. The summed E-state index contributed by atoms with van der Waals surface area (Å²) < 4.78 is 0. The zero-order valence-corrected chi connectivity index (χ0v) is 11.3. The summed E-state index contributed by atoms with van der Waals surface area (Å²) in [6.07, 6.45) is 2.46. The van der Waals surface area contributed by atoms with Gasteiger partial charge in [0.1, 0.15) is 0 Å². The largest absolute Gasteiger partial charge is 0.384 e. The molecule has 17 heavy (non-hydrogen) atoms. The second kappa shape index (κ2) is 5.54. The molecule has 1 aromatic carbocycles. The number of rotatable bonds is 5. The second-order valence-corrected chi connectivity index (χ2v) is 5.59. The Morgan fingerprint density at radius 3 is 2.94 bits per heavy atom. The average Bonchev–Trinajstić information content (AvgIpc) is 2.73. The Bertz CT molecular complexity index is 371. The molecule has 0 radical (unpaired) electrons. The van der Waals surface area contributed by atoms with Crippen LogP contribution >= 0.6 is 0 Å². The van der Waals surface area contributed by atoms with E-state index in [1.54, 1.807) is 0 Å². The lowest BCUT2D eigenvalue weighted by atomic mass is 10.1. The van der Waals surface area contributed by atoms with Gasteiger partial charge >= 0.3 is 0 Å². The molecule has 1 aliphatic heterocycles. The van der Waals surface area contributed by atoms with E-state index >= 15 is 0 Å². The summed E-state index contributed by atoms with van der Waals surface area (Å²) in [6.45, 7) is 7.91. The molecule has 1 N–H and O–H groups in total. The van der Waals surface area contributed by atoms with Gasteiger partial charge < -0.3 is 10.2 Å². The van der Waals surface area contributed by atoms with Gasteiger partial charge in [0.2, 0.25) is 0 Å². The third-order valence-electron chi connectivity index (χ3n) is 3.42. The van der Waals surface area contributed by atoms with Crippen LogP contribution in [0.4, 0.5) is 5.69 Å². The Labute approximate surface area is 105 Å². The first-order valence-electron chi connectivity index (χ1n) is 6.69. The molecule has 2 heteroatoms. The molecule has 0 fully saturated rings. The summed E-state index contributed by atoms with van der Waals surface area (Å²) in [6, 6.07) is 6.87. The molecule has 0 saturated heterocycles. The topological polar surface area (TPSA) is 15.3 Å². The average molecular weight is 232 g/mol. The number of nitrogens with zero attached hydrogens (tertiary/aromatic N) is 1. The molecule has 0 aliphatic carbocycles. The number of hydrogen-bond acceptors (Lipinski definition) is 2. The van der Waals surface area contributed by atoms with Crippen LogP contribution in [-0.4, -0.2) is 25.0 Å². The van der Waals surface area contributed by atoms with Crippen molar-refractivity contribution in [3.8, 4) is 0 Å². The van der Waals surface area contributed by atoms with E-state index in [0.717, 1.165) is 19.0 Å². The highest BCUT2D eigenvalue weighted by Gasteiger charge is 2.10. The van der Waals surface area contributed by atoms with Gasteiger partial charge in [-0.2, -0.15) is 0 Å². The monoisotopic (exact) mass is 232 g/mol. The summed E-state index contributed by atoms with van der Waals surface area (Å²) >= 11 is 0. The van der Waals surface area contributed by atoms with Gasteiger partial charge in [0, 0.05) is 18.8 Å². The maximum Gasteiger partial charge on any atom is 0.0376 e. The zero-order chi connectivity index (χ0) is 12.3. The van der Waals surface area contributed by atoms with Crippen LogP contribution in [0.1, 0.15) is 31.4 Å². The molecule has 0 amide bonds. The first-order valence-corrected chi connectivity index (χ1v) is 6.69. The quantitative estimate of drug-likeness (QED) is 0.839. The van der Waals surface area contributed by atoms with Crippen molar-refractivity contribution in [2.24, 2.45) is 5.92 Å². The Hall–Kier alpha value is -1.02. The molecule has 0 bridgehead atoms. The van der Waals surface area contributed by atoms with Gasteiger partial charge in [0.25, 0.3) is 0 Å². The number of fused-ring (bicyclic) bond motifs is 1. The van der Waals surface area contributed by atoms with Gasteiger partial charge in [-0.1, -0.05) is 26.0 Å². The predicted octanol–water partition coefficient (Wildman–Crippen LogP) is 3.13. The molecular formula is C15H24N2. The van der Waals surface area contributed by atoms with Crippen LogP contribution in [-0.2, 0) is 13.0 Å². The molecule has 0 atom stereocenters. The van der Waals surface area contributed by atoms with E-state index in [2.05, 4.69) is 49.3 Å². The zero-order valence-electron chi connectivity index (χ0n) is 11.3. The van der Waals surface area contributed by atoms with Crippen molar-refractivity contribution < 1.29 is 0 Å². The van der Waals surface area contributed by atoms with Crippen LogP contribution < -0.4 is 5.32 Å². The second-order valence-electron chi connectivity index (χ2n) is 5.59. The van der Waals surface area contributed by atoms with E-state index in [-0.39, 0.29) is 0 Å². The number of hydrogen-bond donors (Lipinski definition) is 1. The van der Waals surface area contributed by atoms with Crippen molar-refractivity contribution in [2.75, 3.05) is 25.5 Å². The van der Waals surface area contributed by atoms with E-state index in [0.29, 0.717) is 0 Å². The minimum absolute atomic E-state index is 0.791. The third-order valence-corrected chi connectivity index (χ3v) is 3.42. The minimum atomic E-state index is 0.791. The summed E-state index contributed by atoms with van der Waals surface area (Å²) in [5, 5.41) is 3.45. The SMILES string of the molecule is CC(C)CCN(C)Cc1ccc2c(c1)NCC2. The van der Waals surface area contributed by atoms with E-state index in [4.69, 9.17) is 0 Å². The van der Waals surface area contributed by atoms with Crippen LogP contribution in [0.3, 0.4) is 0 Å². The number of benzene rings is 1. The van der Waals surface area contributed by atoms with Gasteiger partial charge in [-0.25, -0.2) is 0 Å². The minimum Gasteiger partial charge on any atom is -0.384 e. The van der Waals surface area contributed by atoms with Crippen LogP contribution in [0.25, 0.3) is 0 Å². The van der Waals surface area contributed by atoms with E-state index < -0.39 is 0 Å². The molecule has 0 saturated carbocycles. The maximum atomic E-state index is 3.45. The van der Waals surface area contributed by atoms with Crippen LogP contribution in [0.2, 0.25) is 0 Å². The van der Waals surface area contributed by atoms with Crippen molar-refractivity contribution >= 4 is 5.69 Å². The fourth-order valence-corrected chi connectivity index (χ4v) is 2.31. The van der Waals surface area contributed by atoms with Gasteiger partial charge in [-0.3, -0.25) is 0 Å². The van der Waals surface area contributed by atoms with E-state index in [1.807, 2.05) is 0 Å². The third kappa shape index (κ3) is 3.47. The lowest BCUT2D eigenvalue weighted by Crippen LogP contribution is -2.20. The summed E-state index contributed by atoms with van der Waals surface area (Å²) in [7, 11) is 2.21. The highest BCUT2D eigenvalue weighted by Crippen LogP contribution is 2.23. The Balaban J connectivity index is 1.90. The smallest absolute Gasteiger partial charge is 0.0376 e. The lowest BCUT2D eigenvalue weighted by Gasteiger charge is -2.18. The molecular weight excluding hydrogens is 208 g/mol. The highest BCUT2D eigenvalue weighted by atomic mass is 15.1. The lowest BCUT2D eigenvalue weighted by molar-refractivity contribution is 0.303. The van der Waals surface area contributed by atoms with Crippen LogP contribution in [0, 0.1) is 5.92 Å². The van der Waals surface area contributed by atoms with Crippen LogP contribution in [0.15, 0.2) is 18.2 Å².